The molecule has 198 valence electrons. The third kappa shape index (κ3) is 5.18. The molecule has 0 unspecified atom stereocenters. The lowest BCUT2D eigenvalue weighted by Gasteiger charge is -2.26. The summed E-state index contributed by atoms with van der Waals surface area (Å²) in [6, 6.07) is 9.67. The molecule has 0 bridgehead atoms. The monoisotopic (exact) mass is 540 g/mol. The van der Waals surface area contributed by atoms with Gasteiger partial charge in [0.2, 0.25) is 5.91 Å². The number of benzene rings is 1. The van der Waals surface area contributed by atoms with Crippen LogP contribution >= 0.6 is 11.3 Å². The number of hydrogen-bond donors (Lipinski definition) is 1. The van der Waals surface area contributed by atoms with E-state index in [1.807, 2.05) is 67.2 Å². The van der Waals surface area contributed by atoms with Gasteiger partial charge in [-0.3, -0.25) is 4.79 Å². The van der Waals surface area contributed by atoms with E-state index < -0.39 is 0 Å². The summed E-state index contributed by atoms with van der Waals surface area (Å²) in [5.41, 5.74) is 3.75. The molecule has 0 saturated heterocycles. The molecule has 6 rings (SSSR count). The van der Waals surface area contributed by atoms with Gasteiger partial charge in [0.15, 0.2) is 5.65 Å². The van der Waals surface area contributed by atoms with Crippen LogP contribution in [0.4, 0.5) is 11.5 Å². The number of amides is 1. The number of carbonyl (C=O) groups is 1. The molecule has 0 radical (unpaired) electrons. The van der Waals surface area contributed by atoms with Crippen molar-refractivity contribution < 1.29 is 9.53 Å². The predicted octanol–water partition coefficient (Wildman–Crippen LogP) is 4.58. The zero-order valence-corrected chi connectivity index (χ0v) is 22.8. The van der Waals surface area contributed by atoms with E-state index in [1.54, 1.807) is 34.5 Å². The Hall–Kier alpha value is -4.35. The number of likely N-dealkylation sites (N-methyl/N-ethyl adjacent to an activating group) is 1. The topological polar surface area (TPSA) is 101 Å². The maximum absolute atomic E-state index is 12.8. The number of anilines is 2. The molecule has 11 heteroatoms. The van der Waals surface area contributed by atoms with Crippen LogP contribution in [0.2, 0.25) is 0 Å². The second-order valence-corrected chi connectivity index (χ2v) is 10.8. The Bertz CT molecular complexity index is 1710. The van der Waals surface area contributed by atoms with E-state index in [0.29, 0.717) is 18.8 Å². The maximum Gasteiger partial charge on any atom is 0.246 e. The van der Waals surface area contributed by atoms with Gasteiger partial charge in [0.1, 0.15) is 34.8 Å². The molecule has 1 aliphatic heterocycles. The van der Waals surface area contributed by atoms with Gasteiger partial charge in [0.05, 0.1) is 11.6 Å². The number of rotatable bonds is 7. The number of ether oxygens (including phenoxy) is 1. The van der Waals surface area contributed by atoms with Crippen molar-refractivity contribution in [2.24, 2.45) is 0 Å². The molecular weight excluding hydrogens is 512 g/mol. The summed E-state index contributed by atoms with van der Waals surface area (Å²) in [6.07, 6.45) is 9.29. The minimum absolute atomic E-state index is 0.0300. The second-order valence-electron chi connectivity index (χ2n) is 9.72. The highest BCUT2D eigenvalue weighted by atomic mass is 32.1. The fourth-order valence-electron chi connectivity index (χ4n) is 4.63. The maximum atomic E-state index is 12.8. The third-order valence-corrected chi connectivity index (χ3v) is 7.78. The normalized spacial score (nSPS) is 13.5. The zero-order valence-electron chi connectivity index (χ0n) is 22.0. The fraction of sp³-hybridized carbons (Fsp3) is 0.250. The molecule has 1 aliphatic rings. The number of nitrogens with one attached hydrogen (secondary N) is 1. The molecule has 0 spiro atoms. The molecular formula is C28H28N8O2S. The minimum atomic E-state index is 0.0300. The van der Waals surface area contributed by atoms with Gasteiger partial charge in [0, 0.05) is 36.3 Å². The van der Waals surface area contributed by atoms with Gasteiger partial charge in [-0.05, 0) is 68.9 Å². The number of nitrogens with zero attached hydrogens (tertiary/aromatic N) is 7. The highest BCUT2D eigenvalue weighted by Gasteiger charge is 2.25. The summed E-state index contributed by atoms with van der Waals surface area (Å²) >= 11 is 1.68. The van der Waals surface area contributed by atoms with Gasteiger partial charge in [-0.2, -0.15) is 5.10 Å². The lowest BCUT2D eigenvalue weighted by atomic mass is 10.1. The van der Waals surface area contributed by atoms with Crippen molar-refractivity contribution in [2.45, 2.75) is 19.9 Å². The summed E-state index contributed by atoms with van der Waals surface area (Å²) in [5.74, 6) is 2.19. The Morgan fingerprint density at radius 3 is 2.92 bits per heavy atom. The first-order valence-corrected chi connectivity index (χ1v) is 13.5. The van der Waals surface area contributed by atoms with Gasteiger partial charge >= 0.3 is 0 Å². The summed E-state index contributed by atoms with van der Waals surface area (Å²) < 4.78 is 7.79. The van der Waals surface area contributed by atoms with Crippen LogP contribution in [0, 0.1) is 6.92 Å². The average molecular weight is 541 g/mol. The molecule has 1 aromatic carbocycles. The van der Waals surface area contributed by atoms with Crippen molar-refractivity contribution in [1.29, 1.82) is 0 Å². The van der Waals surface area contributed by atoms with Gasteiger partial charge in [-0.15, -0.1) is 11.3 Å². The molecule has 0 fully saturated rings. The van der Waals surface area contributed by atoms with Crippen molar-refractivity contribution in [3.63, 3.8) is 0 Å². The summed E-state index contributed by atoms with van der Waals surface area (Å²) in [5, 5.41) is 8.63. The van der Waals surface area contributed by atoms with E-state index in [2.05, 4.69) is 25.4 Å². The zero-order chi connectivity index (χ0) is 26.9. The first-order valence-electron chi connectivity index (χ1n) is 12.6. The summed E-state index contributed by atoms with van der Waals surface area (Å²) in [4.78, 5) is 32.2. The second kappa shape index (κ2) is 10.4. The van der Waals surface area contributed by atoms with Crippen molar-refractivity contribution in [3.8, 4) is 11.5 Å². The number of pyridine rings is 1. The molecule has 1 amide bonds. The largest absolute Gasteiger partial charge is 0.455 e. The number of fused-ring (bicyclic) bond motifs is 4. The standard InChI is InChI=1S/C28H28N8O2S/c1-18-13-19(6-8-22(18)38-20-7-9-24-29-17-32-36(24)14-20)33-27-26-21-15-35(25(37)5-4-11-34(2)3)12-10-23(21)39-28(26)31-16-30-27/h4-9,13-14,16-17H,10-12,15H2,1-3H3,(H,30,31,33)/b5-4+. The first kappa shape index (κ1) is 25.0. The summed E-state index contributed by atoms with van der Waals surface area (Å²) in [7, 11) is 3.96. The summed E-state index contributed by atoms with van der Waals surface area (Å²) in [6.45, 7) is 3.98. The van der Waals surface area contributed by atoms with Gasteiger partial charge in [-0.1, -0.05) is 6.08 Å². The van der Waals surface area contributed by atoms with E-state index >= 15 is 0 Å². The molecule has 4 aromatic heterocycles. The predicted molar refractivity (Wildman–Crippen MR) is 152 cm³/mol. The van der Waals surface area contributed by atoms with Gasteiger partial charge in [0.25, 0.3) is 0 Å². The van der Waals surface area contributed by atoms with Crippen molar-refractivity contribution >= 4 is 44.6 Å². The van der Waals surface area contributed by atoms with Crippen molar-refractivity contribution in [3.05, 3.63) is 77.3 Å². The number of thiophene rings is 1. The Kier molecular flexibility index (Phi) is 6.67. The Morgan fingerprint density at radius 1 is 1.18 bits per heavy atom. The van der Waals surface area contributed by atoms with E-state index in [0.717, 1.165) is 57.2 Å². The molecule has 10 nitrogen and oxygen atoms in total. The van der Waals surface area contributed by atoms with Crippen molar-refractivity contribution in [2.75, 3.05) is 32.5 Å². The minimum Gasteiger partial charge on any atom is -0.455 e. The fourth-order valence-corrected chi connectivity index (χ4v) is 5.77. The van der Waals surface area contributed by atoms with Crippen LogP contribution in [-0.4, -0.2) is 67.5 Å². The van der Waals surface area contributed by atoms with Crippen LogP contribution in [0.25, 0.3) is 15.9 Å². The van der Waals surface area contributed by atoms with E-state index in [1.165, 1.54) is 11.2 Å². The van der Waals surface area contributed by atoms with Gasteiger partial charge in [-0.25, -0.2) is 19.5 Å². The van der Waals surface area contributed by atoms with Gasteiger partial charge < -0.3 is 19.9 Å². The Labute approximate surface area is 229 Å². The molecule has 0 atom stereocenters. The lowest BCUT2D eigenvalue weighted by molar-refractivity contribution is -0.126. The highest BCUT2D eigenvalue weighted by Crippen LogP contribution is 2.38. The van der Waals surface area contributed by atoms with E-state index in [4.69, 9.17) is 4.74 Å². The molecule has 0 saturated carbocycles. The van der Waals surface area contributed by atoms with Crippen LogP contribution in [0.5, 0.6) is 11.5 Å². The molecule has 5 heterocycles. The van der Waals surface area contributed by atoms with Crippen molar-refractivity contribution in [1.82, 2.24) is 34.4 Å². The number of hydrogen-bond acceptors (Lipinski definition) is 9. The Balaban J connectivity index is 1.23. The molecule has 39 heavy (non-hydrogen) atoms. The SMILES string of the molecule is Cc1cc(Nc2ncnc3sc4c(c23)CN(C(=O)/C=C/CN(C)C)CC4)ccc1Oc1ccc2ncnn2c1. The van der Waals surface area contributed by atoms with E-state index in [9.17, 15) is 4.79 Å². The highest BCUT2D eigenvalue weighted by molar-refractivity contribution is 7.19. The lowest BCUT2D eigenvalue weighted by Crippen LogP contribution is -2.34. The smallest absolute Gasteiger partial charge is 0.246 e. The number of carbonyl (C=O) groups excluding carboxylic acids is 1. The van der Waals surface area contributed by atoms with E-state index in [-0.39, 0.29) is 5.91 Å². The molecule has 0 aliphatic carbocycles. The van der Waals surface area contributed by atoms with Crippen LogP contribution in [-0.2, 0) is 17.8 Å². The van der Waals surface area contributed by atoms with Crippen LogP contribution < -0.4 is 10.1 Å². The molecule has 5 aromatic rings. The average Bonchev–Trinajstić information content (AvgIpc) is 3.54. The quantitative estimate of drug-likeness (QED) is 0.300. The number of aryl methyl sites for hydroxylation is 1. The Morgan fingerprint density at radius 2 is 2.08 bits per heavy atom. The van der Waals surface area contributed by atoms with Crippen LogP contribution in [0.3, 0.4) is 0 Å². The molecule has 1 N–H and O–H groups in total. The number of aromatic nitrogens is 5. The van der Waals surface area contributed by atoms with Crippen LogP contribution in [0.1, 0.15) is 16.0 Å². The van der Waals surface area contributed by atoms with Crippen LogP contribution in [0.15, 0.2) is 61.3 Å². The third-order valence-electron chi connectivity index (χ3n) is 6.58. The first-order chi connectivity index (χ1) is 18.9.